The Morgan fingerprint density at radius 1 is 1.24 bits per heavy atom. The van der Waals surface area contributed by atoms with Crippen molar-refractivity contribution < 1.29 is 27.4 Å². The van der Waals surface area contributed by atoms with E-state index >= 15 is 0 Å². The van der Waals surface area contributed by atoms with Gasteiger partial charge in [0.1, 0.15) is 12.4 Å². The second-order valence-corrected chi connectivity index (χ2v) is 5.36. The number of ether oxygens (including phenoxy) is 2. The van der Waals surface area contributed by atoms with Crippen LogP contribution in [-0.2, 0) is 15.7 Å². The Hall–Kier alpha value is -1.76. The van der Waals surface area contributed by atoms with Crippen LogP contribution < -0.4 is 10.1 Å². The summed E-state index contributed by atoms with van der Waals surface area (Å²) in [5.41, 5.74) is -1.85. The van der Waals surface area contributed by atoms with Crippen molar-refractivity contribution in [2.75, 3.05) is 19.0 Å². The minimum absolute atomic E-state index is 0.0614. The molecule has 0 aliphatic rings. The molecule has 0 radical (unpaired) electrons. The van der Waals surface area contributed by atoms with Crippen LogP contribution in [0.5, 0.6) is 5.75 Å². The standard InChI is InChI=1S/C14H18F3NO3/c1-13(2,3)21-8-12(19)18-11-6-5-9(20-4)7-10(11)14(15,16)17/h5-7H,8H2,1-4H3,(H,18,19). The Balaban J connectivity index is 2.90. The maximum Gasteiger partial charge on any atom is 0.418 e. The summed E-state index contributed by atoms with van der Waals surface area (Å²) in [7, 11) is 1.27. The summed E-state index contributed by atoms with van der Waals surface area (Å²) >= 11 is 0. The van der Waals surface area contributed by atoms with Crippen molar-refractivity contribution in [3.05, 3.63) is 23.8 Å². The Morgan fingerprint density at radius 2 is 1.86 bits per heavy atom. The molecule has 0 bridgehead atoms. The number of methoxy groups -OCH3 is 1. The van der Waals surface area contributed by atoms with E-state index in [-0.39, 0.29) is 18.0 Å². The van der Waals surface area contributed by atoms with Gasteiger partial charge >= 0.3 is 6.18 Å². The molecule has 0 saturated carbocycles. The average molecular weight is 305 g/mol. The van der Waals surface area contributed by atoms with Gasteiger partial charge in [-0.2, -0.15) is 13.2 Å². The molecule has 0 aliphatic carbocycles. The first-order valence-electron chi connectivity index (χ1n) is 6.22. The van der Waals surface area contributed by atoms with Gasteiger partial charge in [0.15, 0.2) is 0 Å². The van der Waals surface area contributed by atoms with Crippen molar-refractivity contribution in [1.29, 1.82) is 0 Å². The lowest BCUT2D eigenvalue weighted by Crippen LogP contribution is -2.27. The minimum Gasteiger partial charge on any atom is -0.497 e. The van der Waals surface area contributed by atoms with Gasteiger partial charge in [-0.05, 0) is 39.0 Å². The average Bonchev–Trinajstić information content (AvgIpc) is 2.35. The van der Waals surface area contributed by atoms with Crippen LogP contribution in [0.3, 0.4) is 0 Å². The van der Waals surface area contributed by atoms with Crippen molar-refractivity contribution in [1.82, 2.24) is 0 Å². The number of hydrogen-bond acceptors (Lipinski definition) is 3. The predicted octanol–water partition coefficient (Wildman–Crippen LogP) is 3.47. The Bertz CT molecular complexity index is 507. The third-order valence-electron chi connectivity index (χ3n) is 2.44. The van der Waals surface area contributed by atoms with Gasteiger partial charge in [0.25, 0.3) is 0 Å². The number of rotatable bonds is 4. The topological polar surface area (TPSA) is 47.6 Å². The monoisotopic (exact) mass is 305 g/mol. The lowest BCUT2D eigenvalue weighted by atomic mass is 10.1. The van der Waals surface area contributed by atoms with E-state index in [0.29, 0.717) is 0 Å². The molecule has 7 heteroatoms. The number of halogens is 3. The molecule has 0 spiro atoms. The molecule has 0 unspecified atom stereocenters. The number of carbonyl (C=O) groups excluding carboxylic acids is 1. The molecule has 1 rings (SSSR count). The van der Waals surface area contributed by atoms with Gasteiger partial charge in [-0.15, -0.1) is 0 Å². The number of nitrogens with one attached hydrogen (secondary N) is 1. The number of carbonyl (C=O) groups is 1. The summed E-state index contributed by atoms with van der Waals surface area (Å²) in [6.45, 7) is 4.91. The fourth-order valence-corrected chi connectivity index (χ4v) is 1.46. The van der Waals surface area contributed by atoms with E-state index in [1.165, 1.54) is 13.2 Å². The largest absolute Gasteiger partial charge is 0.497 e. The summed E-state index contributed by atoms with van der Waals surface area (Å²) in [6, 6.07) is 3.33. The molecule has 0 aliphatic heterocycles. The highest BCUT2D eigenvalue weighted by molar-refractivity contribution is 5.92. The summed E-state index contributed by atoms with van der Waals surface area (Å²) in [4.78, 5) is 11.7. The highest BCUT2D eigenvalue weighted by atomic mass is 19.4. The lowest BCUT2D eigenvalue weighted by molar-refractivity contribution is -0.137. The summed E-state index contributed by atoms with van der Waals surface area (Å²) in [5, 5.41) is 2.20. The van der Waals surface area contributed by atoms with Crippen molar-refractivity contribution in [2.45, 2.75) is 32.5 Å². The molecule has 1 N–H and O–H groups in total. The van der Waals surface area contributed by atoms with Gasteiger partial charge in [0.2, 0.25) is 5.91 Å². The molecule has 0 aromatic heterocycles. The first-order valence-corrected chi connectivity index (χ1v) is 6.22. The molecule has 0 fully saturated rings. The number of amides is 1. The van der Waals surface area contributed by atoms with Crippen LogP contribution in [0.4, 0.5) is 18.9 Å². The summed E-state index contributed by atoms with van der Waals surface area (Å²) < 4.78 is 48.8. The first kappa shape index (κ1) is 17.3. The molecule has 1 aromatic rings. The van der Waals surface area contributed by atoms with E-state index < -0.39 is 23.2 Å². The van der Waals surface area contributed by atoms with E-state index in [2.05, 4.69) is 5.32 Å². The molecule has 0 atom stereocenters. The summed E-state index contributed by atoms with van der Waals surface area (Å²) in [5.74, 6) is -0.591. The van der Waals surface area contributed by atoms with Crippen LogP contribution >= 0.6 is 0 Å². The third kappa shape index (κ3) is 5.63. The number of anilines is 1. The molecule has 0 heterocycles. The molecular weight excluding hydrogens is 287 g/mol. The van der Waals surface area contributed by atoms with E-state index in [4.69, 9.17) is 9.47 Å². The highest BCUT2D eigenvalue weighted by Crippen LogP contribution is 2.37. The van der Waals surface area contributed by atoms with Gasteiger partial charge in [-0.3, -0.25) is 4.79 Å². The molecule has 4 nitrogen and oxygen atoms in total. The molecule has 1 aromatic carbocycles. The normalized spacial score (nSPS) is 12.1. The molecule has 118 valence electrons. The smallest absolute Gasteiger partial charge is 0.418 e. The van der Waals surface area contributed by atoms with Crippen LogP contribution in [-0.4, -0.2) is 25.2 Å². The van der Waals surface area contributed by atoms with Gasteiger partial charge in [0.05, 0.1) is 24.0 Å². The van der Waals surface area contributed by atoms with E-state index in [1.54, 1.807) is 20.8 Å². The van der Waals surface area contributed by atoms with Gasteiger partial charge in [0, 0.05) is 0 Å². The second-order valence-electron chi connectivity index (χ2n) is 5.36. The van der Waals surface area contributed by atoms with Crippen molar-refractivity contribution in [3.8, 4) is 5.75 Å². The minimum atomic E-state index is -4.60. The second kappa shape index (κ2) is 6.34. The molecule has 21 heavy (non-hydrogen) atoms. The number of alkyl halides is 3. The fourth-order valence-electron chi connectivity index (χ4n) is 1.46. The highest BCUT2D eigenvalue weighted by Gasteiger charge is 2.34. The zero-order valence-electron chi connectivity index (χ0n) is 12.3. The molecule has 0 saturated heterocycles. The lowest BCUT2D eigenvalue weighted by Gasteiger charge is -2.20. The predicted molar refractivity (Wildman–Crippen MR) is 72.3 cm³/mol. The van der Waals surface area contributed by atoms with Crippen LogP contribution in [0.25, 0.3) is 0 Å². The van der Waals surface area contributed by atoms with Crippen LogP contribution in [0.2, 0.25) is 0 Å². The Labute approximate surface area is 121 Å². The van der Waals surface area contributed by atoms with E-state index in [0.717, 1.165) is 12.1 Å². The van der Waals surface area contributed by atoms with Crippen LogP contribution in [0, 0.1) is 0 Å². The maximum atomic E-state index is 13.0. The van der Waals surface area contributed by atoms with Gasteiger partial charge < -0.3 is 14.8 Å². The van der Waals surface area contributed by atoms with E-state index in [9.17, 15) is 18.0 Å². The van der Waals surface area contributed by atoms with Crippen LogP contribution in [0.15, 0.2) is 18.2 Å². The van der Waals surface area contributed by atoms with Gasteiger partial charge in [-0.25, -0.2) is 0 Å². The SMILES string of the molecule is COc1ccc(NC(=O)COC(C)(C)C)c(C(F)(F)F)c1. The quantitative estimate of drug-likeness (QED) is 0.926. The number of benzene rings is 1. The Kier molecular flexibility index (Phi) is 5.22. The third-order valence-corrected chi connectivity index (χ3v) is 2.44. The summed E-state index contributed by atoms with van der Waals surface area (Å²) in [6.07, 6.45) is -4.60. The Morgan fingerprint density at radius 3 is 2.33 bits per heavy atom. The zero-order valence-corrected chi connectivity index (χ0v) is 12.3. The molecule has 1 amide bonds. The van der Waals surface area contributed by atoms with Crippen molar-refractivity contribution in [2.24, 2.45) is 0 Å². The van der Waals surface area contributed by atoms with Crippen molar-refractivity contribution in [3.63, 3.8) is 0 Å². The van der Waals surface area contributed by atoms with Crippen LogP contribution in [0.1, 0.15) is 26.3 Å². The van der Waals surface area contributed by atoms with Crippen molar-refractivity contribution >= 4 is 11.6 Å². The zero-order chi connectivity index (χ0) is 16.3. The number of hydrogen-bond donors (Lipinski definition) is 1. The van der Waals surface area contributed by atoms with Gasteiger partial charge in [-0.1, -0.05) is 0 Å². The first-order chi connectivity index (χ1) is 9.53. The maximum absolute atomic E-state index is 13.0. The fraction of sp³-hybridized carbons (Fsp3) is 0.500. The molecular formula is C14H18F3NO3. The van der Waals surface area contributed by atoms with E-state index in [1.807, 2.05) is 0 Å².